The molecule has 0 bridgehead atoms. The lowest BCUT2D eigenvalue weighted by molar-refractivity contribution is 0.0299. The summed E-state index contributed by atoms with van der Waals surface area (Å²) in [6.45, 7) is 5.34. The van der Waals surface area contributed by atoms with Crippen LogP contribution >= 0.6 is 0 Å². The number of nitrogens with one attached hydrogen (secondary N) is 1. The molecule has 1 N–H and O–H groups in total. The van der Waals surface area contributed by atoms with Crippen molar-refractivity contribution in [2.24, 2.45) is 5.92 Å². The number of hydrogen-bond donors (Lipinski definition) is 1. The molecule has 10 nitrogen and oxygen atoms in total. The quantitative estimate of drug-likeness (QED) is 0.0829. The van der Waals surface area contributed by atoms with Crippen LogP contribution in [0.3, 0.4) is 0 Å². The number of carbonyl (C=O) groups is 2. The highest BCUT2D eigenvalue weighted by Gasteiger charge is 2.28. The van der Waals surface area contributed by atoms with E-state index in [1.807, 2.05) is 6.92 Å². The Morgan fingerprint density at radius 1 is 0.848 bits per heavy atom. The molecular weight excluding hydrogens is 608 g/mol. The Balaban J connectivity index is 1.41. The maximum Gasteiger partial charge on any atom is 0.409 e. The second-order valence-corrected chi connectivity index (χ2v) is 14.2. The summed E-state index contributed by atoms with van der Waals surface area (Å²) >= 11 is 0. The molecule has 1 saturated heterocycles. The average molecular weight is 669 g/mol. The first-order valence-electron chi connectivity index (χ1n) is 17.6. The molecule has 0 radical (unpaired) electrons. The standard InChI is InChI=1S/C35H60N2O8S/c1-4-5-6-7-8-9-10-11-12-13-14-15-16-17-18-23-36-34(38)43-28-31-26-32(42-27-31)29-44-35(39)37(3)24-25-45-46(40,41)33-21-19-30(2)20-22-33/h19-22,31-32H,4-18,23-29H2,1-3H3,(H,36,38)/t31-,32+/m1/s1. The van der Waals surface area contributed by atoms with Crippen molar-refractivity contribution in [3.8, 4) is 0 Å². The molecule has 0 aliphatic carbocycles. The van der Waals surface area contributed by atoms with Crippen LogP contribution in [0.2, 0.25) is 0 Å². The van der Waals surface area contributed by atoms with Crippen molar-refractivity contribution in [2.45, 2.75) is 128 Å². The van der Waals surface area contributed by atoms with Gasteiger partial charge in [-0.05, 0) is 31.9 Å². The fourth-order valence-corrected chi connectivity index (χ4v) is 6.27. The molecule has 0 spiro atoms. The predicted octanol–water partition coefficient (Wildman–Crippen LogP) is 7.77. The highest BCUT2D eigenvalue weighted by molar-refractivity contribution is 7.86. The van der Waals surface area contributed by atoms with Gasteiger partial charge in [0.15, 0.2) is 0 Å². The summed E-state index contributed by atoms with van der Waals surface area (Å²) in [5.74, 6) is 0.0401. The van der Waals surface area contributed by atoms with E-state index in [4.69, 9.17) is 18.4 Å². The van der Waals surface area contributed by atoms with Crippen molar-refractivity contribution in [1.29, 1.82) is 0 Å². The van der Waals surface area contributed by atoms with Crippen molar-refractivity contribution < 1.29 is 36.4 Å². The maximum absolute atomic E-state index is 12.3. The van der Waals surface area contributed by atoms with E-state index in [9.17, 15) is 18.0 Å². The van der Waals surface area contributed by atoms with E-state index in [1.54, 1.807) is 12.1 Å². The molecule has 0 saturated carbocycles. The van der Waals surface area contributed by atoms with Gasteiger partial charge in [0, 0.05) is 26.1 Å². The van der Waals surface area contributed by atoms with Gasteiger partial charge < -0.3 is 24.4 Å². The zero-order chi connectivity index (χ0) is 33.5. The highest BCUT2D eigenvalue weighted by atomic mass is 32.2. The van der Waals surface area contributed by atoms with Gasteiger partial charge in [0.25, 0.3) is 10.1 Å². The molecule has 264 valence electrons. The molecule has 2 rings (SSSR count). The third kappa shape index (κ3) is 18.1. The van der Waals surface area contributed by atoms with Gasteiger partial charge in [-0.15, -0.1) is 0 Å². The van der Waals surface area contributed by atoms with E-state index in [0.717, 1.165) is 18.4 Å². The zero-order valence-electron chi connectivity index (χ0n) is 28.6. The number of amides is 2. The van der Waals surface area contributed by atoms with Crippen LogP contribution in [0, 0.1) is 12.8 Å². The Bertz CT molecular complexity index is 1070. The van der Waals surface area contributed by atoms with Gasteiger partial charge in [-0.1, -0.05) is 115 Å². The number of hydrogen-bond acceptors (Lipinski definition) is 8. The summed E-state index contributed by atoms with van der Waals surface area (Å²) in [5, 5.41) is 2.83. The zero-order valence-corrected chi connectivity index (χ0v) is 29.5. The molecule has 1 heterocycles. The van der Waals surface area contributed by atoms with Gasteiger partial charge in [0.05, 0.1) is 30.8 Å². The number of alkyl carbamates (subject to hydrolysis) is 1. The normalized spacial score (nSPS) is 16.3. The number of rotatable bonds is 25. The predicted molar refractivity (Wildman–Crippen MR) is 180 cm³/mol. The van der Waals surface area contributed by atoms with Crippen molar-refractivity contribution in [3.63, 3.8) is 0 Å². The summed E-state index contributed by atoms with van der Waals surface area (Å²) in [5.41, 5.74) is 0.942. The average Bonchev–Trinajstić information content (AvgIpc) is 3.50. The van der Waals surface area contributed by atoms with Crippen LogP contribution in [0.25, 0.3) is 0 Å². The molecule has 2 atom stereocenters. The molecule has 1 aliphatic heterocycles. The van der Waals surface area contributed by atoms with Gasteiger partial charge in [0.1, 0.15) is 6.61 Å². The SMILES string of the molecule is CCCCCCCCCCCCCCCCCNC(=O)OC[C@H]1CO[C@H](COC(=O)N(C)CCOS(=O)(=O)c2ccc(C)cc2)C1. The topological polar surface area (TPSA) is 120 Å². The van der Waals surface area contributed by atoms with Crippen LogP contribution in [-0.2, 0) is 28.5 Å². The van der Waals surface area contributed by atoms with E-state index in [0.29, 0.717) is 19.6 Å². The smallest absolute Gasteiger partial charge is 0.409 e. The number of nitrogens with zero attached hydrogens (tertiary/aromatic N) is 1. The van der Waals surface area contributed by atoms with Gasteiger partial charge in [-0.3, -0.25) is 4.18 Å². The molecule has 1 fully saturated rings. The highest BCUT2D eigenvalue weighted by Crippen LogP contribution is 2.21. The summed E-state index contributed by atoms with van der Waals surface area (Å²) in [7, 11) is -2.39. The molecule has 0 unspecified atom stereocenters. The molecule has 0 aromatic heterocycles. The molecule has 2 amide bonds. The Morgan fingerprint density at radius 3 is 2.00 bits per heavy atom. The Hall–Kier alpha value is -2.37. The van der Waals surface area contributed by atoms with E-state index in [-0.39, 0.29) is 43.3 Å². The molecule has 46 heavy (non-hydrogen) atoms. The fourth-order valence-electron chi connectivity index (χ4n) is 5.37. The Labute approximate surface area is 278 Å². The Kier molecular flexibility index (Phi) is 20.7. The van der Waals surface area contributed by atoms with Crippen LogP contribution in [-0.4, -0.2) is 78.2 Å². The third-order valence-electron chi connectivity index (χ3n) is 8.34. The minimum absolute atomic E-state index is 0.0401. The minimum atomic E-state index is -3.90. The first-order chi connectivity index (χ1) is 22.2. The van der Waals surface area contributed by atoms with Crippen molar-refractivity contribution in [1.82, 2.24) is 10.2 Å². The minimum Gasteiger partial charge on any atom is -0.449 e. The van der Waals surface area contributed by atoms with E-state index < -0.39 is 22.3 Å². The lowest BCUT2D eigenvalue weighted by Crippen LogP contribution is -2.33. The first-order valence-corrected chi connectivity index (χ1v) is 19.0. The number of benzene rings is 1. The third-order valence-corrected chi connectivity index (χ3v) is 9.67. The summed E-state index contributed by atoms with van der Waals surface area (Å²) in [6.07, 6.45) is 19.0. The van der Waals surface area contributed by atoms with Crippen LogP contribution in [0.4, 0.5) is 9.59 Å². The second kappa shape index (κ2) is 23.9. The lowest BCUT2D eigenvalue weighted by Gasteiger charge is -2.18. The van der Waals surface area contributed by atoms with E-state index in [2.05, 4.69) is 12.2 Å². The fraction of sp³-hybridized carbons (Fsp3) is 0.771. The van der Waals surface area contributed by atoms with Crippen molar-refractivity contribution in [2.75, 3.05) is 46.6 Å². The molecule has 1 aromatic rings. The van der Waals surface area contributed by atoms with Crippen LogP contribution in [0.15, 0.2) is 29.2 Å². The summed E-state index contributed by atoms with van der Waals surface area (Å²) < 4.78 is 46.0. The van der Waals surface area contributed by atoms with Gasteiger partial charge in [-0.2, -0.15) is 8.42 Å². The maximum atomic E-state index is 12.3. The lowest BCUT2D eigenvalue weighted by atomic mass is 10.0. The number of aryl methyl sites for hydroxylation is 1. The van der Waals surface area contributed by atoms with Crippen molar-refractivity contribution in [3.05, 3.63) is 29.8 Å². The van der Waals surface area contributed by atoms with Gasteiger partial charge >= 0.3 is 12.2 Å². The van der Waals surface area contributed by atoms with E-state index >= 15 is 0 Å². The van der Waals surface area contributed by atoms with E-state index in [1.165, 1.54) is 108 Å². The number of carbonyl (C=O) groups excluding carboxylic acids is 2. The molecule has 1 aromatic carbocycles. The van der Waals surface area contributed by atoms with Gasteiger partial charge in [0.2, 0.25) is 0 Å². The monoisotopic (exact) mass is 668 g/mol. The van der Waals surface area contributed by atoms with Crippen LogP contribution in [0.5, 0.6) is 0 Å². The molecular formula is C35H60N2O8S. The number of unbranched alkanes of at least 4 members (excludes halogenated alkanes) is 14. The number of ether oxygens (including phenoxy) is 3. The summed E-state index contributed by atoms with van der Waals surface area (Å²) in [6, 6.07) is 6.35. The van der Waals surface area contributed by atoms with Crippen molar-refractivity contribution >= 4 is 22.3 Å². The first kappa shape index (κ1) is 39.8. The molecule has 11 heteroatoms. The number of likely N-dealkylation sites (N-methyl/N-ethyl adjacent to an activating group) is 1. The molecule has 1 aliphatic rings. The summed E-state index contributed by atoms with van der Waals surface area (Å²) in [4.78, 5) is 25.7. The van der Waals surface area contributed by atoms with Gasteiger partial charge in [-0.25, -0.2) is 9.59 Å². The largest absolute Gasteiger partial charge is 0.449 e. The van der Waals surface area contributed by atoms with Crippen LogP contribution in [0.1, 0.15) is 115 Å². The van der Waals surface area contributed by atoms with Crippen LogP contribution < -0.4 is 5.32 Å². The second-order valence-electron chi connectivity index (χ2n) is 12.6. The Morgan fingerprint density at radius 2 is 1.41 bits per heavy atom.